The van der Waals surface area contributed by atoms with Gasteiger partial charge in [-0.05, 0) is 20.8 Å². The molecule has 0 spiro atoms. The molecule has 0 aromatic rings. The lowest BCUT2D eigenvalue weighted by atomic mass is 9.84. The molecule has 0 bridgehead atoms. The molecular weight excluding hydrogens is 150 g/mol. The van der Waals surface area contributed by atoms with Crippen LogP contribution in [0.25, 0.3) is 0 Å². The van der Waals surface area contributed by atoms with Crippen LogP contribution in [0.2, 0.25) is 0 Å². The summed E-state index contributed by atoms with van der Waals surface area (Å²) in [7, 11) is 0. The average molecular weight is 171 g/mol. The van der Waals surface area contributed by atoms with Crippen molar-refractivity contribution >= 4 is 0 Å². The van der Waals surface area contributed by atoms with Crippen LogP contribution >= 0.6 is 0 Å². The number of rotatable bonds is 0. The minimum atomic E-state index is -0.184. The number of nitrogens with one attached hydrogen (secondary N) is 1. The molecule has 0 aromatic heterocycles. The van der Waals surface area contributed by atoms with Crippen LogP contribution in [-0.2, 0) is 4.74 Å². The van der Waals surface area contributed by atoms with Crippen molar-refractivity contribution in [3.05, 3.63) is 0 Å². The van der Waals surface area contributed by atoms with Gasteiger partial charge in [-0.1, -0.05) is 20.8 Å². The third-order valence-electron chi connectivity index (χ3n) is 2.76. The van der Waals surface area contributed by atoms with E-state index in [2.05, 4.69) is 46.9 Å². The highest BCUT2D eigenvalue weighted by Crippen LogP contribution is 2.38. The maximum absolute atomic E-state index is 5.99. The van der Waals surface area contributed by atoms with E-state index in [9.17, 15) is 0 Å². The maximum atomic E-state index is 5.99. The molecule has 72 valence electrons. The van der Waals surface area contributed by atoms with E-state index in [0.29, 0.717) is 0 Å². The average Bonchev–Trinajstić information content (AvgIpc) is 2.05. The van der Waals surface area contributed by atoms with E-state index in [1.807, 2.05) is 0 Å². The molecule has 1 aliphatic rings. The Hall–Kier alpha value is -0.0800. The van der Waals surface area contributed by atoms with E-state index in [1.165, 1.54) is 0 Å². The van der Waals surface area contributed by atoms with Gasteiger partial charge in [0.25, 0.3) is 0 Å². The summed E-state index contributed by atoms with van der Waals surface area (Å²) >= 11 is 0. The Balaban J connectivity index is 2.78. The third kappa shape index (κ3) is 1.64. The first kappa shape index (κ1) is 10.0. The van der Waals surface area contributed by atoms with Gasteiger partial charge < -0.3 is 4.74 Å². The van der Waals surface area contributed by atoms with Gasteiger partial charge in [0.05, 0.1) is 5.60 Å². The second-order valence-corrected chi connectivity index (χ2v) is 5.50. The molecule has 1 saturated heterocycles. The first-order valence-corrected chi connectivity index (χ1v) is 4.62. The maximum Gasteiger partial charge on any atom is 0.122 e. The Morgan fingerprint density at radius 3 is 1.83 bits per heavy atom. The van der Waals surface area contributed by atoms with Crippen molar-refractivity contribution in [2.45, 2.75) is 52.9 Å². The van der Waals surface area contributed by atoms with E-state index in [1.54, 1.807) is 0 Å². The lowest BCUT2D eigenvalue weighted by molar-refractivity contribution is -0.136. The SMILES string of the molecule is CC1(C)CNC(C)(C(C)(C)C)O1. The second kappa shape index (κ2) is 2.46. The lowest BCUT2D eigenvalue weighted by Crippen LogP contribution is -2.49. The number of hydrogen-bond acceptors (Lipinski definition) is 2. The molecule has 1 fully saturated rings. The summed E-state index contributed by atoms with van der Waals surface area (Å²) < 4.78 is 5.99. The fourth-order valence-corrected chi connectivity index (χ4v) is 1.42. The Labute approximate surface area is 75.7 Å². The van der Waals surface area contributed by atoms with Crippen molar-refractivity contribution < 1.29 is 4.74 Å². The molecule has 2 nitrogen and oxygen atoms in total. The number of ether oxygens (including phenoxy) is 1. The van der Waals surface area contributed by atoms with Gasteiger partial charge in [-0.15, -0.1) is 0 Å². The molecule has 1 N–H and O–H groups in total. The molecule has 1 aliphatic heterocycles. The van der Waals surface area contributed by atoms with Crippen molar-refractivity contribution in [3.63, 3.8) is 0 Å². The molecule has 2 heteroatoms. The van der Waals surface area contributed by atoms with Crippen LogP contribution in [0.1, 0.15) is 41.5 Å². The summed E-state index contributed by atoms with van der Waals surface area (Å²) in [5.41, 5.74) is -0.0701. The van der Waals surface area contributed by atoms with Crippen LogP contribution in [0, 0.1) is 5.41 Å². The van der Waals surface area contributed by atoms with Gasteiger partial charge in [0.2, 0.25) is 0 Å². The zero-order chi connectivity index (χ0) is 9.62. The minimum Gasteiger partial charge on any atom is -0.353 e. The van der Waals surface area contributed by atoms with Crippen LogP contribution < -0.4 is 5.32 Å². The summed E-state index contributed by atoms with van der Waals surface area (Å²) in [6.07, 6.45) is 0. The highest BCUT2D eigenvalue weighted by Gasteiger charge is 2.47. The molecule has 1 unspecified atom stereocenters. The molecule has 0 amide bonds. The molecule has 12 heavy (non-hydrogen) atoms. The van der Waals surface area contributed by atoms with E-state index in [4.69, 9.17) is 4.74 Å². The first-order valence-electron chi connectivity index (χ1n) is 4.62. The topological polar surface area (TPSA) is 21.3 Å². The Kier molecular flexibility index (Phi) is 2.05. The molecule has 0 radical (unpaired) electrons. The summed E-state index contributed by atoms with van der Waals surface area (Å²) in [5, 5.41) is 3.44. The van der Waals surface area contributed by atoms with Gasteiger partial charge >= 0.3 is 0 Å². The van der Waals surface area contributed by atoms with Crippen molar-refractivity contribution in [2.75, 3.05) is 6.54 Å². The van der Waals surface area contributed by atoms with Crippen molar-refractivity contribution in [1.29, 1.82) is 0 Å². The molecule has 0 aromatic carbocycles. The van der Waals surface area contributed by atoms with Gasteiger partial charge in [0, 0.05) is 12.0 Å². The van der Waals surface area contributed by atoms with Gasteiger partial charge in [-0.3, -0.25) is 5.32 Å². The van der Waals surface area contributed by atoms with Crippen LogP contribution in [-0.4, -0.2) is 17.9 Å². The van der Waals surface area contributed by atoms with E-state index >= 15 is 0 Å². The molecule has 1 heterocycles. The van der Waals surface area contributed by atoms with Crippen molar-refractivity contribution in [1.82, 2.24) is 5.32 Å². The number of hydrogen-bond donors (Lipinski definition) is 1. The normalized spacial score (nSPS) is 35.5. The molecule has 0 saturated carbocycles. The van der Waals surface area contributed by atoms with Gasteiger partial charge in [-0.25, -0.2) is 0 Å². The Morgan fingerprint density at radius 1 is 1.17 bits per heavy atom. The van der Waals surface area contributed by atoms with E-state index in [0.717, 1.165) is 6.54 Å². The predicted octanol–water partition coefficient (Wildman–Crippen LogP) is 2.15. The fourth-order valence-electron chi connectivity index (χ4n) is 1.42. The molecular formula is C10H21NO. The van der Waals surface area contributed by atoms with Gasteiger partial charge in [0.1, 0.15) is 5.72 Å². The zero-order valence-electron chi connectivity index (χ0n) is 9.12. The highest BCUT2D eigenvalue weighted by atomic mass is 16.5. The Morgan fingerprint density at radius 2 is 1.67 bits per heavy atom. The van der Waals surface area contributed by atoms with Gasteiger partial charge in [0.15, 0.2) is 0 Å². The third-order valence-corrected chi connectivity index (χ3v) is 2.76. The minimum absolute atomic E-state index is 0.0258. The molecule has 1 rings (SSSR count). The Bertz CT molecular complexity index is 181. The van der Waals surface area contributed by atoms with Crippen LogP contribution in [0.5, 0.6) is 0 Å². The van der Waals surface area contributed by atoms with Crippen LogP contribution in [0.15, 0.2) is 0 Å². The first-order chi connectivity index (χ1) is 5.16. The fraction of sp³-hybridized carbons (Fsp3) is 1.00. The predicted molar refractivity (Wildman–Crippen MR) is 51.0 cm³/mol. The summed E-state index contributed by atoms with van der Waals surface area (Å²) in [5.74, 6) is 0. The quantitative estimate of drug-likeness (QED) is 0.603. The standard InChI is InChI=1S/C10H21NO/c1-8(2,3)10(6)11-7-9(4,5)12-10/h11H,7H2,1-6H3. The van der Waals surface area contributed by atoms with Crippen molar-refractivity contribution in [3.8, 4) is 0 Å². The van der Waals surface area contributed by atoms with E-state index in [-0.39, 0.29) is 16.7 Å². The van der Waals surface area contributed by atoms with E-state index < -0.39 is 0 Å². The van der Waals surface area contributed by atoms with Crippen LogP contribution in [0.3, 0.4) is 0 Å². The summed E-state index contributed by atoms with van der Waals surface area (Å²) in [6, 6.07) is 0. The smallest absolute Gasteiger partial charge is 0.122 e. The van der Waals surface area contributed by atoms with Gasteiger partial charge in [-0.2, -0.15) is 0 Å². The highest BCUT2D eigenvalue weighted by molar-refractivity contribution is 4.96. The summed E-state index contributed by atoms with van der Waals surface area (Å²) in [4.78, 5) is 0. The largest absolute Gasteiger partial charge is 0.353 e. The summed E-state index contributed by atoms with van der Waals surface area (Å²) in [6.45, 7) is 13.9. The molecule has 0 aliphatic carbocycles. The van der Waals surface area contributed by atoms with Crippen molar-refractivity contribution in [2.24, 2.45) is 5.41 Å². The monoisotopic (exact) mass is 171 g/mol. The lowest BCUT2D eigenvalue weighted by Gasteiger charge is -2.39. The molecule has 1 atom stereocenters. The van der Waals surface area contributed by atoms with Crippen LogP contribution in [0.4, 0.5) is 0 Å². The zero-order valence-corrected chi connectivity index (χ0v) is 9.12. The second-order valence-electron chi connectivity index (χ2n) is 5.50.